The Hall–Kier alpha value is -2.24. The van der Waals surface area contributed by atoms with E-state index in [1.165, 1.54) is 0 Å². The van der Waals surface area contributed by atoms with Gasteiger partial charge in [-0.15, -0.1) is 0 Å². The molecule has 1 unspecified atom stereocenters. The first kappa shape index (κ1) is 14.4. The van der Waals surface area contributed by atoms with Crippen LogP contribution in [0.25, 0.3) is 0 Å². The van der Waals surface area contributed by atoms with Gasteiger partial charge in [-0.1, -0.05) is 30.3 Å². The highest BCUT2D eigenvalue weighted by Gasteiger charge is 2.29. The van der Waals surface area contributed by atoms with Crippen LogP contribution in [-0.4, -0.2) is 43.1 Å². The quantitative estimate of drug-likeness (QED) is 0.944. The smallest absolute Gasteiger partial charge is 0.231 e. The minimum atomic E-state index is -0.0328. The Morgan fingerprint density at radius 3 is 2.39 bits per heavy atom. The maximum Gasteiger partial charge on any atom is 0.231 e. The molecular weight excluding hydrogens is 294 g/mol. The molecule has 4 rings (SSSR count). The molecule has 0 bridgehead atoms. The topological polar surface area (TPSA) is 51.2 Å². The summed E-state index contributed by atoms with van der Waals surface area (Å²) >= 11 is 0. The van der Waals surface area contributed by atoms with E-state index < -0.39 is 0 Å². The first-order valence-electron chi connectivity index (χ1n) is 7.82. The Morgan fingerprint density at radius 1 is 0.957 bits per heavy atom. The summed E-state index contributed by atoms with van der Waals surface area (Å²) in [7, 11) is 0. The largest absolute Gasteiger partial charge is 0.507 e. The second-order valence-electron chi connectivity index (χ2n) is 5.73. The molecule has 1 N–H and O–H groups in total. The molecule has 23 heavy (non-hydrogen) atoms. The molecular formula is C18H19NO4. The van der Waals surface area contributed by atoms with E-state index in [0.29, 0.717) is 24.7 Å². The van der Waals surface area contributed by atoms with E-state index in [9.17, 15) is 5.11 Å². The highest BCUT2D eigenvalue weighted by Crippen LogP contribution is 2.43. The van der Waals surface area contributed by atoms with E-state index in [1.54, 1.807) is 6.07 Å². The van der Waals surface area contributed by atoms with Crippen molar-refractivity contribution < 1.29 is 19.3 Å². The Morgan fingerprint density at radius 2 is 1.65 bits per heavy atom. The minimum absolute atomic E-state index is 0.0328. The van der Waals surface area contributed by atoms with E-state index in [-0.39, 0.29) is 18.6 Å². The van der Waals surface area contributed by atoms with E-state index in [1.807, 2.05) is 24.3 Å². The zero-order valence-electron chi connectivity index (χ0n) is 12.8. The number of fused-ring (bicyclic) bond motifs is 1. The normalized spacial score (nSPS) is 18.8. The molecule has 1 atom stereocenters. The minimum Gasteiger partial charge on any atom is -0.507 e. The molecule has 5 heteroatoms. The summed E-state index contributed by atoms with van der Waals surface area (Å²) in [6.07, 6.45) is 0. The van der Waals surface area contributed by atoms with Crippen molar-refractivity contribution in [1.29, 1.82) is 0 Å². The summed E-state index contributed by atoms with van der Waals surface area (Å²) < 4.78 is 16.3. The van der Waals surface area contributed by atoms with Gasteiger partial charge < -0.3 is 19.3 Å². The second kappa shape index (κ2) is 6.10. The number of benzene rings is 2. The third kappa shape index (κ3) is 2.73. The zero-order valence-corrected chi connectivity index (χ0v) is 12.8. The Bertz CT molecular complexity index is 683. The average molecular weight is 313 g/mol. The summed E-state index contributed by atoms with van der Waals surface area (Å²) in [5.74, 6) is 1.52. The van der Waals surface area contributed by atoms with Gasteiger partial charge in [0.1, 0.15) is 5.75 Å². The lowest BCUT2D eigenvalue weighted by atomic mass is 9.95. The van der Waals surface area contributed by atoms with Gasteiger partial charge in [0.2, 0.25) is 6.79 Å². The predicted molar refractivity (Wildman–Crippen MR) is 84.9 cm³/mol. The van der Waals surface area contributed by atoms with Crippen molar-refractivity contribution >= 4 is 0 Å². The SMILES string of the molecule is Oc1cc2c(cc1C(c1ccccc1)N1CCOCC1)OCO2. The molecule has 120 valence electrons. The fraction of sp³-hybridized carbons (Fsp3) is 0.333. The van der Waals surface area contributed by atoms with Crippen LogP contribution in [0.1, 0.15) is 17.2 Å². The molecule has 1 fully saturated rings. The van der Waals surface area contributed by atoms with Crippen LogP contribution in [0.5, 0.6) is 17.2 Å². The molecule has 0 aromatic heterocycles. The standard InChI is InChI=1S/C18H19NO4/c20-15-11-17-16(22-12-23-17)10-14(15)18(13-4-2-1-3-5-13)19-6-8-21-9-7-19/h1-5,10-11,18,20H,6-9,12H2. The fourth-order valence-electron chi connectivity index (χ4n) is 3.22. The summed E-state index contributed by atoms with van der Waals surface area (Å²) in [4.78, 5) is 2.33. The van der Waals surface area contributed by atoms with E-state index in [0.717, 1.165) is 24.2 Å². The first-order chi connectivity index (χ1) is 11.3. The molecule has 0 aliphatic carbocycles. The number of hydrogen-bond donors (Lipinski definition) is 1. The van der Waals surface area contributed by atoms with Crippen LogP contribution < -0.4 is 9.47 Å². The molecule has 1 saturated heterocycles. The van der Waals surface area contributed by atoms with E-state index in [2.05, 4.69) is 17.0 Å². The number of aromatic hydroxyl groups is 1. The van der Waals surface area contributed by atoms with Crippen LogP contribution in [0.4, 0.5) is 0 Å². The average Bonchev–Trinajstić information content (AvgIpc) is 3.04. The Labute approximate surface area is 135 Å². The number of ether oxygens (including phenoxy) is 3. The van der Waals surface area contributed by atoms with Gasteiger partial charge in [-0.3, -0.25) is 4.90 Å². The van der Waals surface area contributed by atoms with Gasteiger partial charge >= 0.3 is 0 Å². The van der Waals surface area contributed by atoms with Crippen LogP contribution >= 0.6 is 0 Å². The summed E-state index contributed by atoms with van der Waals surface area (Å²) in [5.41, 5.74) is 1.98. The van der Waals surface area contributed by atoms with Gasteiger partial charge in [-0.2, -0.15) is 0 Å². The van der Waals surface area contributed by atoms with Crippen LogP contribution in [0, 0.1) is 0 Å². The molecule has 2 aliphatic rings. The van der Waals surface area contributed by atoms with Gasteiger partial charge in [-0.25, -0.2) is 0 Å². The molecule has 0 radical (unpaired) electrons. The van der Waals surface area contributed by atoms with Crippen molar-refractivity contribution in [2.75, 3.05) is 33.1 Å². The summed E-state index contributed by atoms with van der Waals surface area (Å²) in [5, 5.41) is 10.5. The highest BCUT2D eigenvalue weighted by molar-refractivity contribution is 5.54. The number of morpholine rings is 1. The van der Waals surface area contributed by atoms with Crippen LogP contribution in [-0.2, 0) is 4.74 Å². The molecule has 0 amide bonds. The van der Waals surface area contributed by atoms with Crippen molar-refractivity contribution in [1.82, 2.24) is 4.90 Å². The maximum atomic E-state index is 10.5. The first-order valence-corrected chi connectivity index (χ1v) is 7.82. The number of rotatable bonds is 3. The predicted octanol–water partition coefficient (Wildman–Crippen LogP) is 2.54. The van der Waals surface area contributed by atoms with Crippen molar-refractivity contribution in [2.45, 2.75) is 6.04 Å². The van der Waals surface area contributed by atoms with Gasteiger partial charge in [0.25, 0.3) is 0 Å². The third-order valence-corrected chi connectivity index (χ3v) is 4.34. The monoisotopic (exact) mass is 313 g/mol. The van der Waals surface area contributed by atoms with Gasteiger partial charge in [0.05, 0.1) is 19.3 Å². The molecule has 2 heterocycles. The van der Waals surface area contributed by atoms with E-state index in [4.69, 9.17) is 14.2 Å². The van der Waals surface area contributed by atoms with Gasteiger partial charge in [0, 0.05) is 24.7 Å². The molecule has 0 spiro atoms. The fourth-order valence-corrected chi connectivity index (χ4v) is 3.22. The number of phenols is 1. The number of phenolic OH excluding ortho intramolecular Hbond substituents is 1. The van der Waals surface area contributed by atoms with Crippen molar-refractivity contribution in [3.05, 3.63) is 53.6 Å². The van der Waals surface area contributed by atoms with Crippen LogP contribution in [0.2, 0.25) is 0 Å². The molecule has 0 saturated carbocycles. The Kier molecular flexibility index (Phi) is 3.81. The van der Waals surface area contributed by atoms with Gasteiger partial charge in [-0.05, 0) is 11.6 Å². The molecule has 2 aromatic rings. The number of nitrogens with zero attached hydrogens (tertiary/aromatic N) is 1. The van der Waals surface area contributed by atoms with Crippen LogP contribution in [0.3, 0.4) is 0 Å². The highest BCUT2D eigenvalue weighted by atomic mass is 16.7. The molecule has 2 aliphatic heterocycles. The van der Waals surface area contributed by atoms with Gasteiger partial charge in [0.15, 0.2) is 11.5 Å². The van der Waals surface area contributed by atoms with Crippen molar-refractivity contribution in [2.24, 2.45) is 0 Å². The zero-order chi connectivity index (χ0) is 15.6. The molecule has 2 aromatic carbocycles. The molecule has 5 nitrogen and oxygen atoms in total. The number of hydrogen-bond acceptors (Lipinski definition) is 5. The lowest BCUT2D eigenvalue weighted by molar-refractivity contribution is 0.0235. The lowest BCUT2D eigenvalue weighted by Gasteiger charge is -2.35. The van der Waals surface area contributed by atoms with Crippen molar-refractivity contribution in [3.8, 4) is 17.2 Å². The summed E-state index contributed by atoms with van der Waals surface area (Å²) in [6, 6.07) is 13.7. The maximum absolute atomic E-state index is 10.5. The Balaban J connectivity index is 1.79. The second-order valence-corrected chi connectivity index (χ2v) is 5.73. The van der Waals surface area contributed by atoms with Crippen molar-refractivity contribution in [3.63, 3.8) is 0 Å². The van der Waals surface area contributed by atoms with E-state index >= 15 is 0 Å². The third-order valence-electron chi connectivity index (χ3n) is 4.34. The summed E-state index contributed by atoms with van der Waals surface area (Å²) in [6.45, 7) is 3.26. The van der Waals surface area contributed by atoms with Crippen LogP contribution in [0.15, 0.2) is 42.5 Å². The lowest BCUT2D eigenvalue weighted by Crippen LogP contribution is -2.39.